The summed E-state index contributed by atoms with van der Waals surface area (Å²) in [5.74, 6) is -0.468. The van der Waals surface area contributed by atoms with Crippen LogP contribution in [0.1, 0.15) is 20.8 Å². The SMILES string of the molecule is CCOC(=O)/C=C(\N)COCC(OCC)OCC. The van der Waals surface area contributed by atoms with Crippen LogP contribution in [0.2, 0.25) is 0 Å². The highest BCUT2D eigenvalue weighted by atomic mass is 16.7. The van der Waals surface area contributed by atoms with Crippen LogP contribution in [-0.4, -0.2) is 45.3 Å². The Morgan fingerprint density at radius 2 is 1.78 bits per heavy atom. The van der Waals surface area contributed by atoms with E-state index < -0.39 is 12.3 Å². The summed E-state index contributed by atoms with van der Waals surface area (Å²) in [6.07, 6.45) is 0.801. The van der Waals surface area contributed by atoms with Crippen LogP contribution in [0.15, 0.2) is 11.8 Å². The van der Waals surface area contributed by atoms with E-state index in [1.807, 2.05) is 13.8 Å². The van der Waals surface area contributed by atoms with Crippen LogP contribution in [0.4, 0.5) is 0 Å². The molecule has 0 bridgehead atoms. The first kappa shape index (κ1) is 16.9. The van der Waals surface area contributed by atoms with Crippen molar-refractivity contribution in [2.45, 2.75) is 27.1 Å². The molecule has 6 heteroatoms. The molecule has 0 fully saturated rings. The normalized spacial score (nSPS) is 11.9. The van der Waals surface area contributed by atoms with Gasteiger partial charge in [0.25, 0.3) is 0 Å². The Hall–Kier alpha value is -1.11. The van der Waals surface area contributed by atoms with Crippen molar-refractivity contribution in [2.75, 3.05) is 33.0 Å². The molecule has 0 aliphatic carbocycles. The fourth-order valence-electron chi connectivity index (χ4n) is 1.17. The molecule has 0 unspecified atom stereocenters. The first-order valence-electron chi connectivity index (χ1n) is 6.07. The van der Waals surface area contributed by atoms with E-state index in [2.05, 4.69) is 0 Å². The third kappa shape index (κ3) is 8.98. The average molecular weight is 261 g/mol. The molecule has 0 radical (unpaired) electrons. The van der Waals surface area contributed by atoms with E-state index in [1.165, 1.54) is 6.08 Å². The number of carbonyl (C=O) groups excluding carboxylic acids is 1. The fourth-order valence-corrected chi connectivity index (χ4v) is 1.17. The monoisotopic (exact) mass is 261 g/mol. The standard InChI is InChI=1S/C12H23NO5/c1-4-16-11(14)7-10(13)8-15-9-12(17-5-2)18-6-3/h7,12H,4-6,8-9,13H2,1-3H3/b10-7-. The fraction of sp³-hybridized carbons (Fsp3) is 0.750. The lowest BCUT2D eigenvalue weighted by Gasteiger charge is -2.16. The molecule has 18 heavy (non-hydrogen) atoms. The summed E-state index contributed by atoms with van der Waals surface area (Å²) in [4.78, 5) is 11.1. The molecule has 0 aliphatic rings. The van der Waals surface area contributed by atoms with Crippen LogP contribution in [0.3, 0.4) is 0 Å². The number of esters is 1. The van der Waals surface area contributed by atoms with E-state index in [9.17, 15) is 4.79 Å². The maximum Gasteiger partial charge on any atom is 0.332 e. The highest BCUT2D eigenvalue weighted by Gasteiger charge is 2.08. The van der Waals surface area contributed by atoms with E-state index in [0.29, 0.717) is 25.5 Å². The zero-order chi connectivity index (χ0) is 13.8. The first-order chi connectivity index (χ1) is 8.63. The summed E-state index contributed by atoms with van der Waals surface area (Å²) in [5, 5.41) is 0. The zero-order valence-electron chi connectivity index (χ0n) is 11.3. The van der Waals surface area contributed by atoms with Crippen molar-refractivity contribution in [1.29, 1.82) is 0 Å². The van der Waals surface area contributed by atoms with Gasteiger partial charge in [-0.05, 0) is 20.8 Å². The molecule has 0 aromatic carbocycles. The number of rotatable bonds is 10. The van der Waals surface area contributed by atoms with Crippen LogP contribution in [0.5, 0.6) is 0 Å². The van der Waals surface area contributed by atoms with Crippen molar-refractivity contribution in [3.8, 4) is 0 Å². The minimum absolute atomic E-state index is 0.134. The Labute approximate surface area is 108 Å². The van der Waals surface area contributed by atoms with Crippen molar-refractivity contribution >= 4 is 5.97 Å². The van der Waals surface area contributed by atoms with Gasteiger partial charge in [-0.15, -0.1) is 0 Å². The van der Waals surface area contributed by atoms with Gasteiger partial charge in [-0.2, -0.15) is 0 Å². The van der Waals surface area contributed by atoms with Gasteiger partial charge in [0.05, 0.1) is 19.8 Å². The third-order valence-corrected chi connectivity index (χ3v) is 1.82. The Morgan fingerprint density at radius 1 is 1.17 bits per heavy atom. The van der Waals surface area contributed by atoms with Crippen LogP contribution in [0, 0.1) is 0 Å². The highest BCUT2D eigenvalue weighted by Crippen LogP contribution is 1.98. The van der Waals surface area contributed by atoms with Crippen molar-refractivity contribution in [3.63, 3.8) is 0 Å². The van der Waals surface area contributed by atoms with Crippen LogP contribution in [0.25, 0.3) is 0 Å². The van der Waals surface area contributed by atoms with Crippen LogP contribution >= 0.6 is 0 Å². The second kappa shape index (κ2) is 11.0. The third-order valence-electron chi connectivity index (χ3n) is 1.82. The molecule has 0 atom stereocenters. The van der Waals surface area contributed by atoms with E-state index in [4.69, 9.17) is 24.7 Å². The molecule has 0 heterocycles. The largest absolute Gasteiger partial charge is 0.463 e. The molecule has 0 amide bonds. The molecule has 0 aliphatic heterocycles. The van der Waals surface area contributed by atoms with Crippen molar-refractivity contribution in [1.82, 2.24) is 0 Å². The van der Waals surface area contributed by atoms with E-state index in [-0.39, 0.29) is 13.2 Å². The van der Waals surface area contributed by atoms with E-state index >= 15 is 0 Å². The Bertz CT molecular complexity index is 249. The van der Waals surface area contributed by atoms with Gasteiger partial charge in [0.15, 0.2) is 6.29 Å². The molecule has 0 rings (SSSR count). The number of nitrogens with two attached hydrogens (primary N) is 1. The quantitative estimate of drug-likeness (QED) is 0.356. The Kier molecular flexibility index (Phi) is 10.3. The summed E-state index contributed by atoms with van der Waals surface area (Å²) in [6, 6.07) is 0. The summed E-state index contributed by atoms with van der Waals surface area (Å²) < 4.78 is 20.6. The van der Waals surface area contributed by atoms with Gasteiger partial charge < -0.3 is 24.7 Å². The van der Waals surface area contributed by atoms with Gasteiger partial charge in [0.2, 0.25) is 0 Å². The highest BCUT2D eigenvalue weighted by molar-refractivity contribution is 5.82. The molecule has 0 aromatic rings. The van der Waals surface area contributed by atoms with E-state index in [0.717, 1.165) is 0 Å². The maximum absolute atomic E-state index is 11.1. The Balaban J connectivity index is 3.89. The van der Waals surface area contributed by atoms with Crippen LogP contribution in [-0.2, 0) is 23.7 Å². The lowest BCUT2D eigenvalue weighted by atomic mass is 10.4. The summed E-state index contributed by atoms with van der Waals surface area (Å²) in [6.45, 7) is 7.29. The van der Waals surface area contributed by atoms with Crippen molar-refractivity contribution in [2.24, 2.45) is 5.73 Å². The molecule has 0 aromatic heterocycles. The topological polar surface area (TPSA) is 80.0 Å². The maximum atomic E-state index is 11.1. The van der Waals surface area contributed by atoms with Gasteiger partial charge in [-0.3, -0.25) is 0 Å². The van der Waals surface area contributed by atoms with Crippen molar-refractivity contribution in [3.05, 3.63) is 11.8 Å². The summed E-state index contributed by atoms with van der Waals surface area (Å²) in [7, 11) is 0. The van der Waals surface area contributed by atoms with Crippen molar-refractivity contribution < 1.29 is 23.7 Å². The molecule has 0 spiro atoms. The Morgan fingerprint density at radius 3 is 2.28 bits per heavy atom. The lowest BCUT2D eigenvalue weighted by molar-refractivity contribution is -0.165. The van der Waals surface area contributed by atoms with Gasteiger partial charge in [0.1, 0.15) is 0 Å². The minimum Gasteiger partial charge on any atom is -0.463 e. The first-order valence-corrected chi connectivity index (χ1v) is 6.07. The minimum atomic E-state index is -0.468. The molecule has 6 nitrogen and oxygen atoms in total. The predicted molar refractivity (Wildman–Crippen MR) is 66.8 cm³/mol. The number of carbonyl (C=O) groups is 1. The predicted octanol–water partition coefficient (Wildman–Crippen LogP) is 0.808. The summed E-state index contributed by atoms with van der Waals surface area (Å²) in [5.41, 5.74) is 5.90. The molecule has 0 saturated carbocycles. The smallest absolute Gasteiger partial charge is 0.332 e. The number of hydrogen-bond acceptors (Lipinski definition) is 6. The molecular weight excluding hydrogens is 238 g/mol. The van der Waals surface area contributed by atoms with Gasteiger partial charge in [-0.25, -0.2) is 4.79 Å². The molecular formula is C12H23NO5. The average Bonchev–Trinajstić information content (AvgIpc) is 2.29. The van der Waals surface area contributed by atoms with Gasteiger partial charge in [0, 0.05) is 25.0 Å². The van der Waals surface area contributed by atoms with Gasteiger partial charge >= 0.3 is 5.97 Å². The number of hydrogen-bond donors (Lipinski definition) is 1. The molecule has 2 N–H and O–H groups in total. The van der Waals surface area contributed by atoms with E-state index in [1.54, 1.807) is 6.92 Å². The molecule has 106 valence electrons. The second-order valence-electron chi connectivity index (χ2n) is 3.33. The van der Waals surface area contributed by atoms with Gasteiger partial charge in [-0.1, -0.05) is 0 Å². The van der Waals surface area contributed by atoms with Crippen LogP contribution < -0.4 is 5.73 Å². The second-order valence-corrected chi connectivity index (χ2v) is 3.33. The zero-order valence-corrected chi connectivity index (χ0v) is 11.3. The summed E-state index contributed by atoms with van der Waals surface area (Å²) >= 11 is 0. The molecule has 0 saturated heterocycles. The lowest BCUT2D eigenvalue weighted by Crippen LogP contribution is -2.25. The number of ether oxygens (including phenoxy) is 4.